The topological polar surface area (TPSA) is 72.8 Å². The fourth-order valence-electron chi connectivity index (χ4n) is 3.50. The van der Waals surface area contributed by atoms with E-state index in [1.165, 1.54) is 22.7 Å². The van der Waals surface area contributed by atoms with Crippen LogP contribution in [0.1, 0.15) is 44.1 Å². The van der Waals surface area contributed by atoms with E-state index in [-0.39, 0.29) is 30.3 Å². The molecule has 0 unspecified atom stereocenters. The van der Waals surface area contributed by atoms with Crippen molar-refractivity contribution in [3.05, 3.63) is 88.6 Å². The van der Waals surface area contributed by atoms with Crippen LogP contribution in [0, 0.1) is 0 Å². The summed E-state index contributed by atoms with van der Waals surface area (Å²) in [6, 6.07) is 20.9. The number of rotatable bonds is 7. The molecule has 3 heterocycles. The quantitative estimate of drug-likeness (QED) is 0.292. The first-order valence-corrected chi connectivity index (χ1v) is 11.5. The van der Waals surface area contributed by atoms with Gasteiger partial charge in [0.25, 0.3) is 0 Å². The van der Waals surface area contributed by atoms with Gasteiger partial charge in [-0.3, -0.25) is 14.6 Å². The summed E-state index contributed by atoms with van der Waals surface area (Å²) in [5.74, 6) is -0.483. The molecule has 0 N–H and O–H groups in total. The van der Waals surface area contributed by atoms with Gasteiger partial charge in [0, 0.05) is 30.7 Å². The minimum atomic E-state index is -0.333. The number of ketones is 2. The number of benzene rings is 2. The molecule has 5 rings (SSSR count). The highest BCUT2D eigenvalue weighted by Gasteiger charge is 2.25. The van der Waals surface area contributed by atoms with Crippen LogP contribution < -0.4 is 0 Å². The summed E-state index contributed by atoms with van der Waals surface area (Å²) in [6.07, 6.45) is 2.04. The third-order valence-electron chi connectivity index (χ3n) is 5.03. The van der Waals surface area contributed by atoms with Crippen molar-refractivity contribution in [2.45, 2.75) is 18.8 Å². The molecule has 0 spiro atoms. The average Bonchev–Trinajstić information content (AvgIpc) is 3.43. The average molecular weight is 444 g/mol. The maximum atomic E-state index is 13.1. The third kappa shape index (κ3) is 4.15. The maximum Gasteiger partial charge on any atom is 0.192 e. The van der Waals surface area contributed by atoms with Gasteiger partial charge in [0.1, 0.15) is 0 Å². The number of hydrogen-bond acceptors (Lipinski definition) is 7. The summed E-state index contributed by atoms with van der Waals surface area (Å²) in [5, 5.41) is 0.934. The number of nitrogens with zero attached hydrogens (tertiary/aromatic N) is 3. The number of Topliss-reactive ketones (excluding diaryl/α,β-unsaturated/α-hetero) is 2. The van der Waals surface area contributed by atoms with Crippen LogP contribution in [0.15, 0.2) is 72.9 Å². The van der Waals surface area contributed by atoms with E-state index < -0.39 is 0 Å². The molecule has 5 aromatic rings. The van der Waals surface area contributed by atoms with E-state index in [1.54, 1.807) is 6.20 Å². The summed E-state index contributed by atoms with van der Waals surface area (Å²) in [6.45, 7) is 0. The molecule has 2 aromatic carbocycles. The Morgan fingerprint density at radius 3 is 1.71 bits per heavy atom. The molecule has 3 aromatic heterocycles. The summed E-state index contributed by atoms with van der Waals surface area (Å²) in [5.41, 5.74) is 2.36. The van der Waals surface area contributed by atoms with Crippen molar-refractivity contribution < 1.29 is 9.59 Å². The number of carbonyl (C=O) groups excluding carboxylic acids is 2. The van der Waals surface area contributed by atoms with Crippen LogP contribution in [0.25, 0.3) is 20.4 Å². The molecule has 0 amide bonds. The molecule has 0 radical (unpaired) electrons. The lowest BCUT2D eigenvalue weighted by Crippen LogP contribution is -2.13. The van der Waals surface area contributed by atoms with Crippen LogP contribution >= 0.6 is 22.7 Å². The number of thiazole rings is 2. The van der Waals surface area contributed by atoms with Gasteiger partial charge in [0.15, 0.2) is 21.6 Å². The van der Waals surface area contributed by atoms with Gasteiger partial charge in [-0.25, -0.2) is 9.97 Å². The second-order valence-corrected chi connectivity index (χ2v) is 9.24. The largest absolute Gasteiger partial charge is 0.291 e. The lowest BCUT2D eigenvalue weighted by Gasteiger charge is -2.13. The van der Waals surface area contributed by atoms with Crippen LogP contribution in [-0.2, 0) is 0 Å². The molecule has 0 aliphatic rings. The molecule has 0 atom stereocenters. The Hall–Kier alpha value is -3.29. The molecule has 0 fully saturated rings. The van der Waals surface area contributed by atoms with E-state index in [0.717, 1.165) is 26.1 Å². The van der Waals surface area contributed by atoms with E-state index >= 15 is 0 Å². The van der Waals surface area contributed by atoms with Gasteiger partial charge in [-0.2, -0.15) is 0 Å². The van der Waals surface area contributed by atoms with E-state index in [9.17, 15) is 9.59 Å². The van der Waals surface area contributed by atoms with Crippen molar-refractivity contribution in [3.8, 4) is 0 Å². The molecular formula is C24H17N3O2S2. The van der Waals surface area contributed by atoms with Crippen LogP contribution in [0.3, 0.4) is 0 Å². The number of fused-ring (bicyclic) bond motifs is 2. The molecule has 0 saturated carbocycles. The summed E-state index contributed by atoms with van der Waals surface area (Å²) in [4.78, 5) is 39.5. The normalized spacial score (nSPS) is 11.4. The van der Waals surface area contributed by atoms with Crippen molar-refractivity contribution in [1.29, 1.82) is 0 Å². The molecule has 0 saturated heterocycles. The zero-order valence-electron chi connectivity index (χ0n) is 16.4. The first-order chi connectivity index (χ1) is 15.2. The van der Waals surface area contributed by atoms with Gasteiger partial charge in [-0.1, -0.05) is 30.3 Å². The maximum absolute atomic E-state index is 13.1. The fourth-order valence-corrected chi connectivity index (χ4v) is 5.33. The SMILES string of the molecule is O=C(CC(CC(=O)c1nc2ccccc2s1)c1ccccn1)c1nc2ccccc2s1. The molecular weight excluding hydrogens is 426 g/mol. The Kier molecular flexibility index (Phi) is 5.36. The lowest BCUT2D eigenvalue weighted by atomic mass is 9.92. The Morgan fingerprint density at radius 1 is 0.710 bits per heavy atom. The van der Waals surface area contributed by atoms with Crippen LogP contribution in [0.2, 0.25) is 0 Å². The number of aromatic nitrogens is 3. The van der Waals surface area contributed by atoms with Gasteiger partial charge in [-0.05, 0) is 36.4 Å². The zero-order valence-corrected chi connectivity index (χ0v) is 18.0. The summed E-state index contributed by atoms with van der Waals surface area (Å²) < 4.78 is 1.96. The molecule has 0 bridgehead atoms. The Labute approximate surface area is 186 Å². The molecule has 7 heteroatoms. The lowest BCUT2D eigenvalue weighted by molar-refractivity contribution is 0.0943. The molecule has 31 heavy (non-hydrogen) atoms. The zero-order chi connectivity index (χ0) is 21.2. The number of hydrogen-bond donors (Lipinski definition) is 0. The molecule has 0 aliphatic carbocycles. The highest BCUT2D eigenvalue weighted by molar-refractivity contribution is 7.20. The minimum absolute atomic E-state index is 0.0750. The Balaban J connectivity index is 1.41. The highest BCUT2D eigenvalue weighted by Crippen LogP contribution is 2.30. The smallest absolute Gasteiger partial charge is 0.192 e. The third-order valence-corrected chi connectivity index (χ3v) is 7.19. The van der Waals surface area contributed by atoms with Crippen molar-refractivity contribution in [2.24, 2.45) is 0 Å². The monoisotopic (exact) mass is 443 g/mol. The van der Waals surface area contributed by atoms with Gasteiger partial charge in [0.2, 0.25) is 0 Å². The van der Waals surface area contributed by atoms with Gasteiger partial charge >= 0.3 is 0 Å². The standard InChI is InChI=1S/C24H17N3O2S2/c28-19(23-26-17-8-1-3-10-21(17)30-23)13-15(16-7-5-6-12-25-16)14-20(29)24-27-18-9-2-4-11-22(18)31-24/h1-12,15H,13-14H2. The van der Waals surface area contributed by atoms with E-state index in [0.29, 0.717) is 10.0 Å². The van der Waals surface area contributed by atoms with E-state index in [4.69, 9.17) is 0 Å². The van der Waals surface area contributed by atoms with Gasteiger partial charge in [0.05, 0.1) is 20.4 Å². The summed E-state index contributed by atoms with van der Waals surface area (Å²) in [7, 11) is 0. The van der Waals surface area contributed by atoms with Gasteiger partial charge < -0.3 is 0 Å². The second kappa shape index (κ2) is 8.45. The number of para-hydroxylation sites is 2. The van der Waals surface area contributed by atoms with Gasteiger partial charge in [-0.15, -0.1) is 22.7 Å². The van der Waals surface area contributed by atoms with Crippen molar-refractivity contribution in [3.63, 3.8) is 0 Å². The highest BCUT2D eigenvalue weighted by atomic mass is 32.1. The van der Waals surface area contributed by atoms with E-state index in [2.05, 4.69) is 15.0 Å². The predicted octanol–water partition coefficient (Wildman–Crippen LogP) is 5.93. The van der Waals surface area contributed by atoms with Crippen LogP contribution in [-0.4, -0.2) is 26.5 Å². The van der Waals surface area contributed by atoms with E-state index in [1.807, 2.05) is 66.7 Å². The summed E-state index contributed by atoms with van der Waals surface area (Å²) >= 11 is 2.77. The number of pyridine rings is 1. The Bertz CT molecular complexity index is 1240. The Morgan fingerprint density at radius 2 is 1.23 bits per heavy atom. The first-order valence-electron chi connectivity index (χ1n) is 9.86. The molecule has 152 valence electrons. The van der Waals surface area contributed by atoms with Crippen molar-refractivity contribution in [2.75, 3.05) is 0 Å². The van der Waals surface area contributed by atoms with Crippen LogP contribution in [0.4, 0.5) is 0 Å². The van der Waals surface area contributed by atoms with Crippen LogP contribution in [0.5, 0.6) is 0 Å². The minimum Gasteiger partial charge on any atom is -0.291 e. The molecule has 5 nitrogen and oxygen atoms in total. The first kappa shape index (κ1) is 19.7. The van der Waals surface area contributed by atoms with Crippen molar-refractivity contribution in [1.82, 2.24) is 15.0 Å². The fraction of sp³-hybridized carbons (Fsp3) is 0.125. The second-order valence-electron chi connectivity index (χ2n) is 7.18. The molecule has 0 aliphatic heterocycles. The van der Waals surface area contributed by atoms with Crippen molar-refractivity contribution >= 4 is 54.7 Å². The number of carbonyl (C=O) groups is 2. The predicted molar refractivity (Wildman–Crippen MR) is 124 cm³/mol.